The van der Waals surface area contributed by atoms with Crippen LogP contribution in [0.5, 0.6) is 11.5 Å². The number of benzene rings is 2. The highest BCUT2D eigenvalue weighted by molar-refractivity contribution is 8.00. The van der Waals surface area contributed by atoms with Crippen molar-refractivity contribution in [3.63, 3.8) is 0 Å². The van der Waals surface area contributed by atoms with Crippen LogP contribution in [0, 0.1) is 0 Å². The SMILES string of the molecule is COc1ccccc1C(=O)COC(=O)c1cccnc1SCC(=O)Nc1ccc(OC(F)(F)F)cc1. The minimum Gasteiger partial charge on any atom is -0.496 e. The molecule has 0 saturated heterocycles. The van der Waals surface area contributed by atoms with Crippen LogP contribution in [0.25, 0.3) is 0 Å². The van der Waals surface area contributed by atoms with Gasteiger partial charge in [-0.25, -0.2) is 9.78 Å². The molecule has 3 aromatic rings. The van der Waals surface area contributed by atoms with Crippen molar-refractivity contribution in [2.75, 3.05) is 24.8 Å². The van der Waals surface area contributed by atoms with Crippen molar-refractivity contribution in [2.45, 2.75) is 11.4 Å². The average Bonchev–Trinajstić information content (AvgIpc) is 2.86. The Labute approximate surface area is 207 Å². The zero-order valence-corrected chi connectivity index (χ0v) is 19.5. The molecule has 0 aliphatic heterocycles. The summed E-state index contributed by atoms with van der Waals surface area (Å²) in [5, 5.41) is 2.73. The predicted molar refractivity (Wildman–Crippen MR) is 124 cm³/mol. The van der Waals surface area contributed by atoms with E-state index in [0.29, 0.717) is 5.75 Å². The van der Waals surface area contributed by atoms with Crippen molar-refractivity contribution < 1.29 is 41.8 Å². The van der Waals surface area contributed by atoms with Gasteiger partial charge in [-0.15, -0.1) is 13.2 Å². The molecule has 36 heavy (non-hydrogen) atoms. The van der Waals surface area contributed by atoms with Crippen molar-refractivity contribution in [1.82, 2.24) is 4.98 Å². The lowest BCUT2D eigenvalue weighted by Crippen LogP contribution is -2.18. The van der Waals surface area contributed by atoms with E-state index in [9.17, 15) is 27.6 Å². The summed E-state index contributed by atoms with van der Waals surface area (Å²) >= 11 is 0.948. The van der Waals surface area contributed by atoms with Crippen molar-refractivity contribution in [1.29, 1.82) is 0 Å². The third kappa shape index (κ3) is 7.73. The Kier molecular flexibility index (Phi) is 8.90. The van der Waals surface area contributed by atoms with Crippen LogP contribution >= 0.6 is 11.8 Å². The Balaban J connectivity index is 1.55. The maximum atomic E-state index is 12.6. The van der Waals surface area contributed by atoms with E-state index in [4.69, 9.17) is 9.47 Å². The third-order valence-corrected chi connectivity index (χ3v) is 5.45. The van der Waals surface area contributed by atoms with Crippen molar-refractivity contribution in [2.24, 2.45) is 0 Å². The summed E-state index contributed by atoms with van der Waals surface area (Å²) < 4.78 is 50.8. The van der Waals surface area contributed by atoms with Crippen LogP contribution in [0.15, 0.2) is 71.9 Å². The largest absolute Gasteiger partial charge is 0.573 e. The van der Waals surface area contributed by atoms with Crippen molar-refractivity contribution in [3.8, 4) is 11.5 Å². The molecule has 0 radical (unpaired) electrons. The number of methoxy groups -OCH3 is 1. The second-order valence-corrected chi connectivity index (χ2v) is 7.93. The molecule has 0 atom stereocenters. The zero-order chi connectivity index (χ0) is 26.1. The topological polar surface area (TPSA) is 104 Å². The van der Waals surface area contributed by atoms with Crippen LogP contribution in [-0.2, 0) is 9.53 Å². The van der Waals surface area contributed by atoms with E-state index < -0.39 is 36.4 Å². The van der Waals surface area contributed by atoms with E-state index in [0.717, 1.165) is 23.9 Å². The summed E-state index contributed by atoms with van der Waals surface area (Å²) in [7, 11) is 1.42. The van der Waals surface area contributed by atoms with Gasteiger partial charge in [0.1, 0.15) is 16.5 Å². The fraction of sp³-hybridized carbons (Fsp3) is 0.167. The van der Waals surface area contributed by atoms with Gasteiger partial charge in [0, 0.05) is 11.9 Å². The number of pyridine rings is 1. The molecule has 0 fully saturated rings. The van der Waals surface area contributed by atoms with E-state index in [2.05, 4.69) is 15.0 Å². The maximum absolute atomic E-state index is 12.6. The normalized spacial score (nSPS) is 10.9. The second kappa shape index (κ2) is 12.1. The van der Waals surface area contributed by atoms with Gasteiger partial charge in [0.15, 0.2) is 6.61 Å². The molecule has 2 aromatic carbocycles. The number of nitrogens with zero attached hydrogens (tertiary/aromatic N) is 1. The number of nitrogens with one attached hydrogen (secondary N) is 1. The smallest absolute Gasteiger partial charge is 0.496 e. The van der Waals surface area contributed by atoms with Crippen LogP contribution in [0.1, 0.15) is 20.7 Å². The van der Waals surface area contributed by atoms with Gasteiger partial charge in [-0.2, -0.15) is 0 Å². The van der Waals surface area contributed by atoms with Gasteiger partial charge in [-0.05, 0) is 48.5 Å². The molecule has 1 N–H and O–H groups in total. The summed E-state index contributed by atoms with van der Waals surface area (Å²) in [5.41, 5.74) is 0.589. The standard InChI is InChI=1S/C24H19F3N2O6S/c1-33-20-7-3-2-5-17(20)19(30)13-34-23(32)18-6-4-12-28-22(18)36-14-21(31)29-15-8-10-16(11-9-15)35-24(25,26)27/h2-12H,13-14H2,1H3,(H,29,31). The number of ketones is 1. The number of halogens is 3. The molecule has 0 bridgehead atoms. The monoisotopic (exact) mass is 520 g/mol. The van der Waals surface area contributed by atoms with Gasteiger partial charge in [-0.1, -0.05) is 23.9 Å². The fourth-order valence-corrected chi connectivity index (χ4v) is 3.68. The fourth-order valence-electron chi connectivity index (χ4n) is 2.89. The number of amides is 1. The molecule has 0 saturated carbocycles. The minimum atomic E-state index is -4.81. The Morgan fingerprint density at radius 3 is 2.36 bits per heavy atom. The molecule has 0 spiro atoms. The summed E-state index contributed by atoms with van der Waals surface area (Å²) in [6.45, 7) is -0.521. The molecule has 12 heteroatoms. The summed E-state index contributed by atoms with van der Waals surface area (Å²) in [6.07, 6.45) is -3.39. The van der Waals surface area contributed by atoms with E-state index >= 15 is 0 Å². The lowest BCUT2D eigenvalue weighted by molar-refractivity contribution is -0.274. The molecule has 1 heterocycles. The summed E-state index contributed by atoms with van der Waals surface area (Å²) in [5.74, 6) is -1.96. The first-order valence-electron chi connectivity index (χ1n) is 10.2. The van der Waals surface area contributed by atoms with Gasteiger partial charge in [0.05, 0.1) is 24.0 Å². The minimum absolute atomic E-state index is 0.0665. The van der Waals surface area contributed by atoms with Gasteiger partial charge >= 0.3 is 12.3 Å². The number of para-hydroxylation sites is 1. The number of carbonyl (C=O) groups is 3. The number of anilines is 1. The van der Waals surface area contributed by atoms with E-state index in [1.54, 1.807) is 24.3 Å². The lowest BCUT2D eigenvalue weighted by atomic mass is 10.1. The number of esters is 1. The summed E-state index contributed by atoms with van der Waals surface area (Å²) in [4.78, 5) is 41.4. The van der Waals surface area contributed by atoms with Gasteiger partial charge in [-0.3, -0.25) is 9.59 Å². The summed E-state index contributed by atoms with van der Waals surface area (Å²) in [6, 6.07) is 14.1. The van der Waals surface area contributed by atoms with Crippen LogP contribution in [0.2, 0.25) is 0 Å². The van der Waals surface area contributed by atoms with Crippen molar-refractivity contribution >= 4 is 35.1 Å². The number of aromatic nitrogens is 1. The number of ether oxygens (including phenoxy) is 3. The third-order valence-electron chi connectivity index (χ3n) is 4.44. The molecule has 3 rings (SSSR count). The van der Waals surface area contributed by atoms with Gasteiger partial charge in [0.2, 0.25) is 11.7 Å². The molecule has 8 nitrogen and oxygen atoms in total. The van der Waals surface area contributed by atoms with Crippen LogP contribution in [0.3, 0.4) is 0 Å². The molecule has 1 aromatic heterocycles. The Morgan fingerprint density at radius 1 is 0.972 bits per heavy atom. The maximum Gasteiger partial charge on any atom is 0.573 e. The van der Waals surface area contributed by atoms with E-state index in [1.807, 2.05) is 0 Å². The molecule has 0 aliphatic carbocycles. The predicted octanol–water partition coefficient (Wildman–Crippen LogP) is 4.76. The number of Topliss-reactive ketones (excluding diaryl/α,β-unsaturated/α-hetero) is 1. The number of thioether (sulfide) groups is 1. The first-order valence-corrected chi connectivity index (χ1v) is 11.2. The van der Waals surface area contributed by atoms with Gasteiger partial charge in [0.25, 0.3) is 0 Å². The average molecular weight is 520 g/mol. The van der Waals surface area contributed by atoms with Gasteiger partial charge < -0.3 is 19.5 Å². The quantitative estimate of drug-likeness (QED) is 0.232. The van der Waals surface area contributed by atoms with Crippen molar-refractivity contribution in [3.05, 3.63) is 78.0 Å². The number of hydrogen-bond donors (Lipinski definition) is 1. The second-order valence-electron chi connectivity index (χ2n) is 6.96. The highest BCUT2D eigenvalue weighted by Crippen LogP contribution is 2.25. The molecule has 1 amide bonds. The number of alkyl halides is 3. The first kappa shape index (κ1) is 26.5. The lowest BCUT2D eigenvalue weighted by Gasteiger charge is -2.11. The number of carbonyl (C=O) groups excluding carboxylic acids is 3. The van der Waals surface area contributed by atoms with Crippen LogP contribution in [-0.4, -0.2) is 48.5 Å². The van der Waals surface area contributed by atoms with Crippen LogP contribution in [0.4, 0.5) is 18.9 Å². The number of hydrogen-bond acceptors (Lipinski definition) is 8. The highest BCUT2D eigenvalue weighted by Gasteiger charge is 2.31. The van der Waals surface area contributed by atoms with E-state index in [-0.39, 0.29) is 27.6 Å². The Hall–Kier alpha value is -4.06. The molecular weight excluding hydrogens is 501 g/mol. The molecule has 0 unspecified atom stereocenters. The highest BCUT2D eigenvalue weighted by atomic mass is 32.2. The molecule has 188 valence electrons. The number of rotatable bonds is 10. The van der Waals surface area contributed by atoms with Crippen LogP contribution < -0.4 is 14.8 Å². The Bertz CT molecular complexity index is 1240. The molecular formula is C24H19F3N2O6S. The molecule has 0 aliphatic rings. The van der Waals surface area contributed by atoms with E-state index in [1.165, 1.54) is 37.6 Å². The first-order chi connectivity index (χ1) is 17.2. The zero-order valence-electron chi connectivity index (χ0n) is 18.7. The Morgan fingerprint density at radius 2 is 1.67 bits per heavy atom.